The van der Waals surface area contributed by atoms with Crippen LogP contribution in [-0.2, 0) is 4.79 Å². The number of nitrogens with zero attached hydrogens (tertiary/aromatic N) is 1. The van der Waals surface area contributed by atoms with Gasteiger partial charge in [-0.1, -0.05) is 41.9 Å². The average Bonchev–Trinajstić information content (AvgIpc) is 3.23. The van der Waals surface area contributed by atoms with Crippen LogP contribution >= 0.6 is 15.9 Å². The molecule has 5 rings (SSSR count). The highest BCUT2D eigenvalue weighted by Crippen LogP contribution is 2.48. The van der Waals surface area contributed by atoms with Crippen molar-refractivity contribution < 1.29 is 14.0 Å². The molecule has 0 spiro atoms. The van der Waals surface area contributed by atoms with E-state index in [1.165, 1.54) is 0 Å². The van der Waals surface area contributed by atoms with Crippen LogP contribution in [0.4, 0.5) is 11.4 Å². The van der Waals surface area contributed by atoms with Crippen LogP contribution in [0.25, 0.3) is 0 Å². The maximum Gasteiger partial charge on any atom is 0.259 e. The predicted octanol–water partition coefficient (Wildman–Crippen LogP) is 6.50. The van der Waals surface area contributed by atoms with Crippen LogP contribution in [0.1, 0.15) is 48.8 Å². The van der Waals surface area contributed by atoms with Gasteiger partial charge < -0.3 is 9.73 Å². The minimum absolute atomic E-state index is 0.0339. The van der Waals surface area contributed by atoms with Crippen LogP contribution in [-0.4, -0.2) is 11.7 Å². The van der Waals surface area contributed by atoms with Gasteiger partial charge in [0.15, 0.2) is 5.78 Å². The van der Waals surface area contributed by atoms with Crippen molar-refractivity contribution >= 4 is 39.0 Å². The number of hydrogen-bond acceptors (Lipinski definition) is 4. The van der Waals surface area contributed by atoms with Crippen molar-refractivity contribution in [3.8, 4) is 0 Å². The molecule has 0 fully saturated rings. The van der Waals surface area contributed by atoms with Crippen molar-refractivity contribution in [2.45, 2.75) is 32.7 Å². The summed E-state index contributed by atoms with van der Waals surface area (Å²) in [5.41, 5.74) is 3.32. The predicted molar refractivity (Wildman–Crippen MR) is 128 cm³/mol. The van der Waals surface area contributed by atoms with Crippen molar-refractivity contribution in [2.75, 3.05) is 10.2 Å². The van der Waals surface area contributed by atoms with Gasteiger partial charge in [0.1, 0.15) is 11.8 Å². The Bertz CT molecular complexity index is 1230. The minimum Gasteiger partial charge on any atom is -0.467 e. The van der Waals surface area contributed by atoms with Gasteiger partial charge in [0, 0.05) is 27.7 Å². The van der Waals surface area contributed by atoms with Crippen LogP contribution in [0.3, 0.4) is 0 Å². The second-order valence-corrected chi connectivity index (χ2v) is 9.99. The molecule has 0 bridgehead atoms. The number of carbonyl (C=O) groups excluding carboxylic acids is 2. The molecular weight excluding hydrogens is 468 g/mol. The van der Waals surface area contributed by atoms with E-state index in [1.807, 2.05) is 42.5 Å². The summed E-state index contributed by atoms with van der Waals surface area (Å²) in [6.45, 7) is 4.19. The van der Waals surface area contributed by atoms with Crippen molar-refractivity contribution in [3.63, 3.8) is 0 Å². The van der Waals surface area contributed by atoms with Gasteiger partial charge in [0.2, 0.25) is 0 Å². The van der Waals surface area contributed by atoms with Gasteiger partial charge in [0.05, 0.1) is 17.6 Å². The monoisotopic (exact) mass is 490 g/mol. The highest BCUT2D eigenvalue weighted by Gasteiger charge is 2.44. The molecule has 32 heavy (non-hydrogen) atoms. The Labute approximate surface area is 195 Å². The van der Waals surface area contributed by atoms with Crippen molar-refractivity contribution in [1.82, 2.24) is 0 Å². The molecule has 1 aromatic heterocycles. The van der Waals surface area contributed by atoms with E-state index in [4.69, 9.17) is 4.42 Å². The third-order valence-corrected chi connectivity index (χ3v) is 6.55. The van der Waals surface area contributed by atoms with Gasteiger partial charge in [-0.15, -0.1) is 0 Å². The van der Waals surface area contributed by atoms with Crippen LogP contribution in [0.15, 0.2) is 87.1 Å². The Morgan fingerprint density at radius 1 is 1.06 bits per heavy atom. The molecule has 0 saturated heterocycles. The maximum atomic E-state index is 13.9. The Morgan fingerprint density at radius 3 is 2.53 bits per heavy atom. The lowest BCUT2D eigenvalue weighted by atomic mass is 9.74. The number of benzene rings is 2. The SMILES string of the molecule is CC1(C)CC(=O)C2=C(C1)Nc1ccccc1N(C(=O)c1ccc(Br)cc1)[C@@H]2c1ccco1. The van der Waals surface area contributed by atoms with E-state index in [9.17, 15) is 9.59 Å². The molecule has 2 heterocycles. The molecule has 1 aliphatic heterocycles. The first kappa shape index (κ1) is 20.8. The molecule has 1 N–H and O–H groups in total. The summed E-state index contributed by atoms with van der Waals surface area (Å²) >= 11 is 3.43. The largest absolute Gasteiger partial charge is 0.467 e. The molecule has 1 atom stereocenters. The molecule has 3 aromatic rings. The van der Waals surface area contributed by atoms with Crippen LogP contribution in [0.2, 0.25) is 0 Å². The summed E-state index contributed by atoms with van der Waals surface area (Å²) in [4.78, 5) is 29.2. The van der Waals surface area contributed by atoms with Gasteiger partial charge in [0.25, 0.3) is 5.91 Å². The van der Waals surface area contributed by atoms with E-state index >= 15 is 0 Å². The van der Waals surface area contributed by atoms with E-state index in [0.29, 0.717) is 35.4 Å². The lowest BCUT2D eigenvalue weighted by Gasteiger charge is -2.36. The molecule has 162 valence electrons. The molecule has 6 heteroatoms. The maximum absolute atomic E-state index is 13.9. The fraction of sp³-hybridized carbons (Fsp3) is 0.231. The molecule has 1 amide bonds. The fourth-order valence-corrected chi connectivity index (χ4v) is 4.92. The number of rotatable bonds is 2. The van der Waals surface area contributed by atoms with Crippen molar-refractivity contribution in [1.29, 1.82) is 0 Å². The highest BCUT2D eigenvalue weighted by molar-refractivity contribution is 9.10. The zero-order valence-corrected chi connectivity index (χ0v) is 19.5. The van der Waals surface area contributed by atoms with Gasteiger partial charge in [-0.2, -0.15) is 0 Å². The number of ketones is 1. The Balaban J connectivity index is 1.76. The molecule has 2 aromatic carbocycles. The third kappa shape index (κ3) is 3.58. The van der Waals surface area contributed by atoms with E-state index in [2.05, 4.69) is 35.1 Å². The quantitative estimate of drug-likeness (QED) is 0.445. The first-order valence-electron chi connectivity index (χ1n) is 10.6. The second kappa shape index (κ2) is 7.78. The first-order valence-corrected chi connectivity index (χ1v) is 11.4. The Hall–Kier alpha value is -3.12. The number of amides is 1. The number of halogens is 1. The van der Waals surface area contributed by atoms with Crippen molar-refractivity contribution in [3.05, 3.63) is 94.0 Å². The zero-order valence-electron chi connectivity index (χ0n) is 17.9. The second-order valence-electron chi connectivity index (χ2n) is 9.08. The van der Waals surface area contributed by atoms with Crippen molar-refractivity contribution in [2.24, 2.45) is 5.41 Å². The van der Waals surface area contributed by atoms with E-state index in [-0.39, 0.29) is 17.1 Å². The normalized spacial score (nSPS) is 19.7. The number of hydrogen-bond donors (Lipinski definition) is 1. The summed E-state index contributed by atoms with van der Waals surface area (Å²) in [7, 11) is 0. The number of allylic oxidation sites excluding steroid dienone is 1. The summed E-state index contributed by atoms with van der Waals surface area (Å²) in [6, 6.07) is 17.9. The Morgan fingerprint density at radius 2 is 1.81 bits per heavy atom. The first-order chi connectivity index (χ1) is 15.3. The van der Waals surface area contributed by atoms with Gasteiger partial charge in [-0.3, -0.25) is 14.5 Å². The summed E-state index contributed by atoms with van der Waals surface area (Å²) in [5.74, 6) is 0.403. The average molecular weight is 491 g/mol. The molecule has 0 radical (unpaired) electrons. The summed E-state index contributed by atoms with van der Waals surface area (Å²) in [6.07, 6.45) is 2.71. The highest BCUT2D eigenvalue weighted by atomic mass is 79.9. The lowest BCUT2D eigenvalue weighted by Crippen LogP contribution is -2.39. The van der Waals surface area contributed by atoms with Crippen LogP contribution < -0.4 is 10.2 Å². The number of fused-ring (bicyclic) bond motifs is 1. The van der Waals surface area contributed by atoms with Crippen LogP contribution in [0.5, 0.6) is 0 Å². The molecule has 0 saturated carbocycles. The summed E-state index contributed by atoms with van der Waals surface area (Å²) in [5, 5.41) is 3.50. The summed E-state index contributed by atoms with van der Waals surface area (Å²) < 4.78 is 6.71. The Kier molecular flexibility index (Phi) is 5.05. The van der Waals surface area contributed by atoms with Gasteiger partial charge in [-0.05, 0) is 60.4 Å². The molecule has 0 unspecified atom stereocenters. The van der Waals surface area contributed by atoms with Gasteiger partial charge >= 0.3 is 0 Å². The minimum atomic E-state index is -0.657. The lowest BCUT2D eigenvalue weighted by molar-refractivity contribution is -0.118. The fourth-order valence-electron chi connectivity index (χ4n) is 4.66. The molecule has 1 aliphatic carbocycles. The van der Waals surface area contributed by atoms with E-state index in [1.54, 1.807) is 29.4 Å². The number of Topliss-reactive ketones (excluding diaryl/α,β-unsaturated/α-hetero) is 1. The standard InChI is InChI=1S/C26H23BrN2O3/c1-26(2)14-19-23(21(30)15-26)24(22-8-5-13-32-22)29(20-7-4-3-6-18(20)28-19)25(31)16-9-11-17(27)12-10-16/h3-13,24,28H,14-15H2,1-2H3/t24-/m1/s1. The molecule has 2 aliphatic rings. The van der Waals surface area contributed by atoms with Gasteiger partial charge in [-0.25, -0.2) is 0 Å². The molecule has 5 nitrogen and oxygen atoms in total. The van der Waals surface area contributed by atoms with Crippen LogP contribution in [0, 0.1) is 5.41 Å². The third-order valence-electron chi connectivity index (χ3n) is 6.02. The molecular formula is C26H23BrN2O3. The number of carbonyl (C=O) groups is 2. The zero-order chi connectivity index (χ0) is 22.5. The van der Waals surface area contributed by atoms with E-state index < -0.39 is 6.04 Å². The number of nitrogens with one attached hydrogen (secondary N) is 1. The number of anilines is 2. The number of furan rings is 1. The van der Waals surface area contributed by atoms with E-state index in [0.717, 1.165) is 15.9 Å². The topological polar surface area (TPSA) is 62.6 Å². The number of para-hydroxylation sites is 2. The smallest absolute Gasteiger partial charge is 0.259 e.